The molecule has 1 aliphatic rings. The van der Waals surface area contributed by atoms with Gasteiger partial charge in [-0.3, -0.25) is 0 Å². The number of thiazole rings is 1. The molecule has 1 fully saturated rings. The van der Waals surface area contributed by atoms with Crippen LogP contribution in [0.4, 0.5) is 0 Å². The van der Waals surface area contributed by atoms with Crippen LogP contribution in [0, 0.1) is 12.8 Å². The molecule has 5 nitrogen and oxygen atoms in total. The summed E-state index contributed by atoms with van der Waals surface area (Å²) in [6.45, 7) is 4.76. The summed E-state index contributed by atoms with van der Waals surface area (Å²) >= 11 is 1.24. The number of sulfonamides is 1. The number of nitrogens with two attached hydrogens (primary N) is 1. The highest BCUT2D eigenvalue weighted by Crippen LogP contribution is 2.32. The quantitative estimate of drug-likeness (QED) is 0.901. The van der Waals surface area contributed by atoms with Gasteiger partial charge in [0, 0.05) is 12.6 Å². The summed E-state index contributed by atoms with van der Waals surface area (Å²) < 4.78 is 27.6. The van der Waals surface area contributed by atoms with Crippen molar-refractivity contribution in [2.45, 2.75) is 49.8 Å². The van der Waals surface area contributed by atoms with Crippen molar-refractivity contribution >= 4 is 21.4 Å². The molecule has 2 N–H and O–H groups in total. The molecule has 1 aromatic rings. The molecule has 2 unspecified atom stereocenters. The van der Waals surface area contributed by atoms with E-state index in [2.05, 4.69) is 4.98 Å². The number of nitrogens with zero attached hydrogens (tertiary/aromatic N) is 2. The molecule has 0 saturated heterocycles. The molecule has 0 aromatic carbocycles. The largest absolute Gasteiger partial charge is 0.330 e. The molecule has 1 heterocycles. The molecule has 2 rings (SSSR count). The van der Waals surface area contributed by atoms with Crippen molar-refractivity contribution in [1.29, 1.82) is 0 Å². The first-order chi connectivity index (χ1) is 9.50. The number of rotatable bonds is 5. The maximum atomic E-state index is 12.8. The normalized spacial score (nSPS) is 24.2. The van der Waals surface area contributed by atoms with Crippen LogP contribution in [-0.4, -0.2) is 36.8 Å². The van der Waals surface area contributed by atoms with Gasteiger partial charge in [-0.1, -0.05) is 19.8 Å². The van der Waals surface area contributed by atoms with Crippen LogP contribution < -0.4 is 5.73 Å². The highest BCUT2D eigenvalue weighted by Gasteiger charge is 2.36. The van der Waals surface area contributed by atoms with Crippen molar-refractivity contribution in [2.75, 3.05) is 13.1 Å². The Kier molecular flexibility index (Phi) is 5.17. The Morgan fingerprint density at radius 1 is 1.45 bits per heavy atom. The molecular weight excluding hydrogens is 294 g/mol. The first-order valence-electron chi connectivity index (χ1n) is 7.15. The van der Waals surface area contributed by atoms with E-state index in [4.69, 9.17) is 5.73 Å². The second-order valence-corrected chi connectivity index (χ2v) is 8.61. The lowest BCUT2D eigenvalue weighted by Crippen LogP contribution is -2.47. The summed E-state index contributed by atoms with van der Waals surface area (Å²) in [4.78, 5) is 4.07. The zero-order chi connectivity index (χ0) is 14.8. The van der Waals surface area contributed by atoms with Gasteiger partial charge in [0.2, 0.25) is 0 Å². The van der Waals surface area contributed by atoms with Gasteiger partial charge in [0.25, 0.3) is 10.0 Å². The molecule has 20 heavy (non-hydrogen) atoms. The molecule has 0 radical (unpaired) electrons. The maximum absolute atomic E-state index is 12.8. The molecular formula is C13H23N3O2S2. The second-order valence-electron chi connectivity index (χ2n) is 5.25. The van der Waals surface area contributed by atoms with Gasteiger partial charge in [-0.2, -0.15) is 4.31 Å². The van der Waals surface area contributed by atoms with Crippen LogP contribution in [0.25, 0.3) is 0 Å². The maximum Gasteiger partial charge on any atom is 0.254 e. The van der Waals surface area contributed by atoms with Crippen molar-refractivity contribution in [3.05, 3.63) is 11.2 Å². The van der Waals surface area contributed by atoms with Crippen LogP contribution in [0.5, 0.6) is 0 Å². The van der Waals surface area contributed by atoms with E-state index < -0.39 is 10.0 Å². The van der Waals surface area contributed by atoms with Gasteiger partial charge < -0.3 is 5.73 Å². The predicted molar refractivity (Wildman–Crippen MR) is 81.2 cm³/mol. The zero-order valence-electron chi connectivity index (χ0n) is 12.1. The van der Waals surface area contributed by atoms with E-state index >= 15 is 0 Å². The van der Waals surface area contributed by atoms with Crippen LogP contribution in [0.15, 0.2) is 10.4 Å². The van der Waals surface area contributed by atoms with Gasteiger partial charge in [-0.05, 0) is 32.2 Å². The smallest absolute Gasteiger partial charge is 0.254 e. The number of hydrogen-bond donors (Lipinski definition) is 1. The van der Waals surface area contributed by atoms with Crippen molar-refractivity contribution in [2.24, 2.45) is 11.7 Å². The minimum absolute atomic E-state index is 0.0335. The first kappa shape index (κ1) is 15.9. The Morgan fingerprint density at radius 3 is 2.70 bits per heavy atom. The Morgan fingerprint density at radius 2 is 2.15 bits per heavy atom. The van der Waals surface area contributed by atoms with E-state index in [0.29, 0.717) is 17.3 Å². The number of aryl methyl sites for hydroxylation is 1. The monoisotopic (exact) mass is 317 g/mol. The third-order valence-electron chi connectivity index (χ3n) is 4.02. The third kappa shape index (κ3) is 3.05. The summed E-state index contributed by atoms with van der Waals surface area (Å²) in [6.07, 6.45) is 5.63. The van der Waals surface area contributed by atoms with Crippen molar-refractivity contribution < 1.29 is 8.42 Å². The molecule has 7 heteroatoms. The predicted octanol–water partition coefficient (Wildman–Crippen LogP) is 1.98. The Bertz CT molecular complexity index is 542. The van der Waals surface area contributed by atoms with Crippen LogP contribution in [0.2, 0.25) is 0 Å². The topological polar surface area (TPSA) is 76.3 Å². The van der Waals surface area contributed by atoms with Crippen LogP contribution in [0.1, 0.15) is 37.6 Å². The lowest BCUT2D eigenvalue weighted by atomic mass is 9.84. The van der Waals surface area contributed by atoms with Crippen molar-refractivity contribution in [1.82, 2.24) is 9.29 Å². The molecule has 0 spiro atoms. The summed E-state index contributed by atoms with van der Waals surface area (Å²) in [7, 11) is -3.44. The van der Waals surface area contributed by atoms with E-state index in [-0.39, 0.29) is 12.0 Å². The molecule has 114 valence electrons. The Hall–Kier alpha value is -0.500. The summed E-state index contributed by atoms with van der Waals surface area (Å²) in [6, 6.07) is 0.0335. The van der Waals surface area contributed by atoms with Gasteiger partial charge in [0.1, 0.15) is 0 Å². The van der Waals surface area contributed by atoms with E-state index in [9.17, 15) is 8.42 Å². The molecule has 1 aliphatic carbocycles. The molecule has 1 aromatic heterocycles. The Balaban J connectivity index is 2.31. The molecule has 1 saturated carbocycles. The average molecular weight is 317 g/mol. The molecule has 0 amide bonds. The molecule has 2 atom stereocenters. The van der Waals surface area contributed by atoms with E-state index in [1.807, 2.05) is 13.8 Å². The lowest BCUT2D eigenvalue weighted by Gasteiger charge is -2.37. The van der Waals surface area contributed by atoms with Gasteiger partial charge in [-0.25, -0.2) is 13.4 Å². The van der Waals surface area contributed by atoms with Gasteiger partial charge in [0.15, 0.2) is 4.21 Å². The molecule has 0 bridgehead atoms. The zero-order valence-corrected chi connectivity index (χ0v) is 13.7. The SMILES string of the molecule is CCN(C1CCCCC1CN)S(=O)(=O)c1cnc(C)s1. The number of aromatic nitrogens is 1. The van der Waals surface area contributed by atoms with Crippen molar-refractivity contribution in [3.63, 3.8) is 0 Å². The average Bonchev–Trinajstić information content (AvgIpc) is 2.87. The highest BCUT2D eigenvalue weighted by molar-refractivity contribution is 7.91. The number of hydrogen-bond acceptors (Lipinski definition) is 5. The fourth-order valence-electron chi connectivity index (χ4n) is 3.00. The third-order valence-corrected chi connectivity index (χ3v) is 7.37. The van der Waals surface area contributed by atoms with Crippen molar-refractivity contribution in [3.8, 4) is 0 Å². The minimum Gasteiger partial charge on any atom is -0.330 e. The van der Waals surface area contributed by atoms with E-state index in [1.165, 1.54) is 17.5 Å². The summed E-state index contributed by atoms with van der Waals surface area (Å²) in [5, 5.41) is 0.777. The fraction of sp³-hybridized carbons (Fsp3) is 0.769. The van der Waals surface area contributed by atoms with Crippen LogP contribution in [0.3, 0.4) is 0 Å². The van der Waals surface area contributed by atoms with Gasteiger partial charge in [0.05, 0.1) is 11.2 Å². The summed E-state index contributed by atoms with van der Waals surface area (Å²) in [5.74, 6) is 0.271. The highest BCUT2D eigenvalue weighted by atomic mass is 32.2. The van der Waals surface area contributed by atoms with Gasteiger partial charge in [-0.15, -0.1) is 11.3 Å². The van der Waals surface area contributed by atoms with E-state index in [0.717, 1.165) is 30.7 Å². The molecule has 0 aliphatic heterocycles. The van der Waals surface area contributed by atoms with Crippen LogP contribution >= 0.6 is 11.3 Å². The Labute approximate surface area is 125 Å². The summed E-state index contributed by atoms with van der Waals surface area (Å²) in [5.41, 5.74) is 5.84. The fourth-order valence-corrected chi connectivity index (χ4v) is 5.96. The second kappa shape index (κ2) is 6.51. The first-order valence-corrected chi connectivity index (χ1v) is 9.40. The minimum atomic E-state index is -3.44. The lowest BCUT2D eigenvalue weighted by molar-refractivity contribution is 0.188. The van der Waals surface area contributed by atoms with Crippen LogP contribution in [-0.2, 0) is 10.0 Å². The standard InChI is InChI=1S/C13H23N3O2S2/c1-3-16(12-7-5-4-6-11(12)8-14)20(17,18)13-9-15-10(2)19-13/h9,11-12H,3-8,14H2,1-2H3. The van der Waals surface area contributed by atoms with E-state index in [1.54, 1.807) is 4.31 Å². The van der Waals surface area contributed by atoms with Gasteiger partial charge >= 0.3 is 0 Å².